The quantitative estimate of drug-likeness (QED) is 0.731. The highest BCUT2D eigenvalue weighted by atomic mass is 16.5. The summed E-state index contributed by atoms with van der Waals surface area (Å²) in [5, 5.41) is 9.08. The number of hydrogen-bond acceptors (Lipinski definition) is 3. The average molecular weight is 201 g/mol. The first-order chi connectivity index (χ1) is 6.58. The number of rotatable bonds is 4. The molecule has 0 aliphatic carbocycles. The molecule has 0 bridgehead atoms. The molecule has 0 aromatic rings. The minimum Gasteiger partial charge on any atom is -0.481 e. The van der Waals surface area contributed by atoms with Gasteiger partial charge in [0.15, 0.2) is 0 Å². The first kappa shape index (κ1) is 11.5. The zero-order chi connectivity index (χ0) is 10.6. The van der Waals surface area contributed by atoms with Gasteiger partial charge in [0.2, 0.25) is 0 Å². The Morgan fingerprint density at radius 3 is 2.93 bits per heavy atom. The Morgan fingerprint density at radius 2 is 2.36 bits per heavy atom. The summed E-state index contributed by atoms with van der Waals surface area (Å²) in [5.41, 5.74) is -0.564. The van der Waals surface area contributed by atoms with E-state index in [4.69, 9.17) is 9.84 Å². The molecule has 1 unspecified atom stereocenters. The van der Waals surface area contributed by atoms with Crippen LogP contribution in [-0.4, -0.2) is 49.3 Å². The second kappa shape index (κ2) is 4.75. The topological polar surface area (TPSA) is 49.8 Å². The van der Waals surface area contributed by atoms with Gasteiger partial charge in [0.05, 0.1) is 12.0 Å². The summed E-state index contributed by atoms with van der Waals surface area (Å²) in [7, 11) is 1.67. The number of piperidine rings is 1. The first-order valence-electron chi connectivity index (χ1n) is 5.03. The molecule has 1 rings (SSSR count). The Balaban J connectivity index is 2.46. The molecule has 0 amide bonds. The molecule has 1 fully saturated rings. The van der Waals surface area contributed by atoms with Crippen LogP contribution in [0, 0.1) is 5.41 Å². The second-order valence-electron chi connectivity index (χ2n) is 4.24. The van der Waals surface area contributed by atoms with E-state index in [1.165, 1.54) is 0 Å². The van der Waals surface area contributed by atoms with E-state index in [9.17, 15) is 4.79 Å². The van der Waals surface area contributed by atoms with Crippen molar-refractivity contribution in [3.05, 3.63) is 0 Å². The standard InChI is InChI=1S/C10H19NO3/c1-10(9(12)13)4-3-5-11(8-10)6-7-14-2/h3-8H2,1-2H3,(H,12,13). The van der Waals surface area contributed by atoms with Gasteiger partial charge in [-0.25, -0.2) is 0 Å². The Labute approximate surface area is 84.8 Å². The van der Waals surface area contributed by atoms with Crippen molar-refractivity contribution in [2.45, 2.75) is 19.8 Å². The monoisotopic (exact) mass is 201 g/mol. The maximum atomic E-state index is 11.0. The van der Waals surface area contributed by atoms with Gasteiger partial charge in [-0.15, -0.1) is 0 Å². The van der Waals surface area contributed by atoms with Crippen LogP contribution in [0.15, 0.2) is 0 Å². The summed E-state index contributed by atoms with van der Waals surface area (Å²) in [6, 6.07) is 0. The lowest BCUT2D eigenvalue weighted by Gasteiger charge is -2.37. The van der Waals surface area contributed by atoms with Crippen molar-refractivity contribution in [3.8, 4) is 0 Å². The molecule has 1 heterocycles. The van der Waals surface area contributed by atoms with Gasteiger partial charge in [-0.3, -0.25) is 9.69 Å². The number of ether oxygens (including phenoxy) is 1. The van der Waals surface area contributed by atoms with Crippen LogP contribution in [-0.2, 0) is 9.53 Å². The minimum absolute atomic E-state index is 0.564. The zero-order valence-corrected chi connectivity index (χ0v) is 8.95. The largest absolute Gasteiger partial charge is 0.481 e. The molecule has 1 N–H and O–H groups in total. The van der Waals surface area contributed by atoms with E-state index in [0.29, 0.717) is 13.2 Å². The molecule has 0 saturated carbocycles. The Kier molecular flexibility index (Phi) is 3.89. The molecule has 1 aliphatic rings. The van der Waals surface area contributed by atoms with Crippen LogP contribution in [0.1, 0.15) is 19.8 Å². The molecule has 1 aliphatic heterocycles. The van der Waals surface area contributed by atoms with Crippen LogP contribution in [0.2, 0.25) is 0 Å². The van der Waals surface area contributed by atoms with E-state index in [0.717, 1.165) is 25.9 Å². The van der Waals surface area contributed by atoms with E-state index in [-0.39, 0.29) is 0 Å². The predicted octanol–water partition coefficient (Wildman–Crippen LogP) is 0.820. The van der Waals surface area contributed by atoms with E-state index in [1.54, 1.807) is 7.11 Å². The lowest BCUT2D eigenvalue weighted by atomic mass is 9.82. The number of carboxylic acid groups (broad SMARTS) is 1. The number of carbonyl (C=O) groups is 1. The van der Waals surface area contributed by atoms with Gasteiger partial charge in [0.1, 0.15) is 0 Å². The smallest absolute Gasteiger partial charge is 0.310 e. The number of aliphatic carboxylic acids is 1. The van der Waals surface area contributed by atoms with Gasteiger partial charge >= 0.3 is 5.97 Å². The van der Waals surface area contributed by atoms with Crippen molar-refractivity contribution in [2.75, 3.05) is 33.4 Å². The zero-order valence-electron chi connectivity index (χ0n) is 8.95. The summed E-state index contributed by atoms with van der Waals surface area (Å²) in [6.45, 7) is 4.97. The normalized spacial score (nSPS) is 29.0. The molecule has 4 nitrogen and oxygen atoms in total. The van der Waals surface area contributed by atoms with E-state index in [2.05, 4.69) is 4.90 Å². The summed E-state index contributed by atoms with van der Waals surface area (Å²) in [4.78, 5) is 13.2. The SMILES string of the molecule is COCCN1CCCC(C)(C(=O)O)C1. The van der Waals surface area contributed by atoms with Gasteiger partial charge in [-0.05, 0) is 26.3 Å². The highest BCUT2D eigenvalue weighted by Crippen LogP contribution is 2.29. The van der Waals surface area contributed by atoms with Gasteiger partial charge in [-0.1, -0.05) is 0 Å². The molecular formula is C10H19NO3. The van der Waals surface area contributed by atoms with Crippen molar-refractivity contribution in [1.29, 1.82) is 0 Å². The van der Waals surface area contributed by atoms with E-state index in [1.807, 2.05) is 6.92 Å². The lowest BCUT2D eigenvalue weighted by molar-refractivity contribution is -0.151. The van der Waals surface area contributed by atoms with Crippen LogP contribution < -0.4 is 0 Å². The highest BCUT2D eigenvalue weighted by Gasteiger charge is 2.37. The van der Waals surface area contributed by atoms with Crippen LogP contribution in [0.25, 0.3) is 0 Å². The van der Waals surface area contributed by atoms with Crippen LogP contribution in [0.5, 0.6) is 0 Å². The maximum absolute atomic E-state index is 11.0. The Morgan fingerprint density at radius 1 is 1.64 bits per heavy atom. The third-order valence-electron chi connectivity index (χ3n) is 2.90. The van der Waals surface area contributed by atoms with Crippen molar-refractivity contribution in [3.63, 3.8) is 0 Å². The van der Waals surface area contributed by atoms with Gasteiger partial charge in [-0.2, -0.15) is 0 Å². The fraction of sp³-hybridized carbons (Fsp3) is 0.900. The van der Waals surface area contributed by atoms with Gasteiger partial charge in [0.25, 0.3) is 0 Å². The summed E-state index contributed by atoms with van der Waals surface area (Å²) >= 11 is 0. The third-order valence-corrected chi connectivity index (χ3v) is 2.90. The van der Waals surface area contributed by atoms with Gasteiger partial charge < -0.3 is 9.84 Å². The Bertz CT molecular complexity index is 208. The molecule has 82 valence electrons. The lowest BCUT2D eigenvalue weighted by Crippen LogP contribution is -2.46. The van der Waals surface area contributed by atoms with Crippen molar-refractivity contribution in [2.24, 2.45) is 5.41 Å². The van der Waals surface area contributed by atoms with Crippen LogP contribution in [0.4, 0.5) is 0 Å². The second-order valence-corrected chi connectivity index (χ2v) is 4.24. The number of carboxylic acids is 1. The number of hydrogen-bond donors (Lipinski definition) is 1. The van der Waals surface area contributed by atoms with Gasteiger partial charge in [0, 0.05) is 20.2 Å². The summed E-state index contributed by atoms with van der Waals surface area (Å²) < 4.78 is 4.98. The van der Waals surface area contributed by atoms with Crippen molar-refractivity contribution < 1.29 is 14.6 Å². The maximum Gasteiger partial charge on any atom is 0.310 e. The average Bonchev–Trinajstić information content (AvgIpc) is 2.15. The summed E-state index contributed by atoms with van der Waals surface area (Å²) in [6.07, 6.45) is 1.75. The molecule has 0 spiro atoms. The first-order valence-corrected chi connectivity index (χ1v) is 5.03. The molecule has 14 heavy (non-hydrogen) atoms. The minimum atomic E-state index is -0.681. The number of nitrogens with zero attached hydrogens (tertiary/aromatic N) is 1. The number of methoxy groups -OCH3 is 1. The van der Waals surface area contributed by atoms with Crippen molar-refractivity contribution >= 4 is 5.97 Å². The molecule has 0 radical (unpaired) electrons. The Hall–Kier alpha value is -0.610. The summed E-state index contributed by atoms with van der Waals surface area (Å²) in [5.74, 6) is -0.681. The fourth-order valence-electron chi connectivity index (χ4n) is 1.93. The van der Waals surface area contributed by atoms with Crippen molar-refractivity contribution in [1.82, 2.24) is 4.90 Å². The molecule has 0 aromatic carbocycles. The molecule has 0 aromatic heterocycles. The predicted molar refractivity (Wildman–Crippen MR) is 53.3 cm³/mol. The van der Waals surface area contributed by atoms with Crippen LogP contribution >= 0.6 is 0 Å². The van der Waals surface area contributed by atoms with E-state index < -0.39 is 11.4 Å². The molecule has 4 heteroatoms. The molecule has 1 atom stereocenters. The third kappa shape index (κ3) is 2.69. The van der Waals surface area contributed by atoms with E-state index >= 15 is 0 Å². The number of likely N-dealkylation sites (tertiary alicyclic amines) is 1. The fourth-order valence-corrected chi connectivity index (χ4v) is 1.93. The highest BCUT2D eigenvalue weighted by molar-refractivity contribution is 5.74. The van der Waals surface area contributed by atoms with Crippen LogP contribution in [0.3, 0.4) is 0 Å². The molecular weight excluding hydrogens is 182 g/mol. The molecule has 1 saturated heterocycles.